The molecule has 9 heavy (non-hydrogen) atoms. The van der Waals surface area contributed by atoms with Crippen LogP contribution in [-0.4, -0.2) is 50.9 Å². The maximum absolute atomic E-state index is 10.3. The van der Waals surface area contributed by atoms with Gasteiger partial charge in [-0.05, 0) is 0 Å². The summed E-state index contributed by atoms with van der Waals surface area (Å²) in [5, 5.41) is 0. The average molecular weight is 165 g/mol. The second-order valence-electron chi connectivity index (χ2n) is 1.22. The summed E-state index contributed by atoms with van der Waals surface area (Å²) in [5.41, 5.74) is 4.93. The van der Waals surface area contributed by atoms with Crippen molar-refractivity contribution >= 4 is 33.2 Å². The van der Waals surface area contributed by atoms with Crippen molar-refractivity contribution in [1.82, 2.24) is 0 Å². The molecule has 0 aromatic heterocycles. The van der Waals surface area contributed by atoms with E-state index < -0.39 is 10.1 Å². The van der Waals surface area contributed by atoms with E-state index in [1.165, 1.54) is 0 Å². The molecule has 0 aromatic carbocycles. The first-order valence-corrected chi connectivity index (χ1v) is 3.68. The van der Waals surface area contributed by atoms with Gasteiger partial charge >= 0.3 is 23.1 Å². The van der Waals surface area contributed by atoms with Gasteiger partial charge in [-0.15, -0.1) is 0 Å². The molecule has 0 bridgehead atoms. The first kappa shape index (κ1) is 12.3. The van der Waals surface area contributed by atoms with Crippen LogP contribution in [0.2, 0.25) is 0 Å². The van der Waals surface area contributed by atoms with E-state index in [-0.39, 0.29) is 35.4 Å². The number of rotatable bonds is 3. The zero-order valence-electron chi connectivity index (χ0n) is 4.62. The summed E-state index contributed by atoms with van der Waals surface area (Å²) < 4.78 is 24.7. The van der Waals surface area contributed by atoms with E-state index in [1.807, 2.05) is 0 Å². The third-order valence-corrected chi connectivity index (χ3v) is 1.87. The Morgan fingerprint density at radius 1 is 1.56 bits per heavy atom. The van der Waals surface area contributed by atoms with Gasteiger partial charge in [0, 0.05) is 6.54 Å². The van der Waals surface area contributed by atoms with Gasteiger partial charge in [0.2, 0.25) is 0 Å². The molecule has 0 unspecified atom stereocenters. The topological polar surface area (TPSA) is 69.4 Å². The maximum atomic E-state index is 10.3. The van der Waals surface area contributed by atoms with Crippen LogP contribution in [0, 0.1) is 0 Å². The summed E-state index contributed by atoms with van der Waals surface area (Å²) >= 11 is 0. The second kappa shape index (κ2) is 5.42. The van der Waals surface area contributed by atoms with Crippen LogP contribution >= 0.6 is 0 Å². The molecule has 0 rings (SSSR count). The van der Waals surface area contributed by atoms with Crippen LogP contribution < -0.4 is 5.73 Å². The molecule has 0 amide bonds. The van der Waals surface area contributed by atoms with Crippen molar-refractivity contribution in [3.8, 4) is 0 Å². The molecule has 54 valence electrons. The van der Waals surface area contributed by atoms with Gasteiger partial charge < -0.3 is 5.73 Å². The fourth-order valence-electron chi connectivity index (χ4n) is 0.228. The third-order valence-electron chi connectivity index (χ3n) is 0.622. The van der Waals surface area contributed by atoms with Gasteiger partial charge in [0.15, 0.2) is 0 Å². The van der Waals surface area contributed by atoms with Crippen molar-refractivity contribution in [2.24, 2.45) is 5.73 Å². The van der Waals surface area contributed by atoms with E-state index >= 15 is 0 Å². The van der Waals surface area contributed by atoms with Crippen molar-refractivity contribution in [3.63, 3.8) is 0 Å². The molecule has 0 atom stereocenters. The van der Waals surface area contributed by atoms with Crippen molar-refractivity contribution < 1.29 is 12.6 Å². The molecule has 0 heterocycles. The lowest BCUT2D eigenvalue weighted by atomic mass is 10.8. The van der Waals surface area contributed by atoms with Crippen LogP contribution in [0.25, 0.3) is 0 Å². The highest BCUT2D eigenvalue weighted by molar-refractivity contribution is 7.86. The predicted octanol–water partition coefficient (Wildman–Crippen LogP) is -1.99. The summed E-state index contributed by atoms with van der Waals surface area (Å²) in [6.45, 7) is 0.107. The average Bonchev–Trinajstić information content (AvgIpc) is 1.67. The van der Waals surface area contributed by atoms with Crippen LogP contribution in [0.1, 0.15) is 0 Å². The lowest BCUT2D eigenvalue weighted by molar-refractivity contribution is 0.398. The van der Waals surface area contributed by atoms with Gasteiger partial charge in [-0.3, -0.25) is 4.18 Å². The van der Waals surface area contributed by atoms with E-state index in [9.17, 15) is 8.42 Å². The molecule has 0 saturated heterocycles. The zero-order valence-corrected chi connectivity index (χ0v) is 5.44. The summed E-state index contributed by atoms with van der Waals surface area (Å²) in [6, 6.07) is 0. The van der Waals surface area contributed by atoms with E-state index in [4.69, 9.17) is 5.73 Å². The number of hydrogen-bond donors (Lipinski definition) is 1. The van der Waals surface area contributed by atoms with Crippen molar-refractivity contribution in [1.29, 1.82) is 0 Å². The zero-order chi connectivity index (χ0) is 6.62. The lowest BCUT2D eigenvalue weighted by Crippen LogP contribution is -2.16. The molecule has 0 aromatic rings. The molecule has 0 spiro atoms. The molecule has 0 aliphatic heterocycles. The van der Waals surface area contributed by atoms with Crippen LogP contribution in [-0.2, 0) is 14.3 Å². The standard InChI is InChI=1S/C3H9NO3S.Mg.2H/c1-7-8(5,6)3-2-4;;;/h2-4H2,1H3;;;. The van der Waals surface area contributed by atoms with Crippen LogP contribution in [0.4, 0.5) is 0 Å². The maximum Gasteiger partial charge on any atom is 0.316 e. The van der Waals surface area contributed by atoms with E-state index in [2.05, 4.69) is 4.18 Å². The first-order chi connectivity index (χ1) is 3.62. The van der Waals surface area contributed by atoms with Crippen molar-refractivity contribution in [3.05, 3.63) is 0 Å². The summed E-state index contributed by atoms with van der Waals surface area (Å²) in [7, 11) is -2.18. The Morgan fingerprint density at radius 3 is 2.11 bits per heavy atom. The second-order valence-corrected chi connectivity index (χ2v) is 3.07. The SMILES string of the molecule is COS(=O)(=O)CCN.[MgH2]. The monoisotopic (exact) mass is 165 g/mol. The number of nitrogens with two attached hydrogens (primary N) is 1. The molecule has 0 saturated carbocycles. The number of hydrogen-bond acceptors (Lipinski definition) is 4. The van der Waals surface area contributed by atoms with Crippen LogP contribution in [0.3, 0.4) is 0 Å². The molecule has 2 N–H and O–H groups in total. The van der Waals surface area contributed by atoms with Gasteiger partial charge in [0.25, 0.3) is 10.1 Å². The normalized spacial score (nSPS) is 10.4. The molecule has 0 radical (unpaired) electrons. The summed E-state index contributed by atoms with van der Waals surface area (Å²) in [6.07, 6.45) is 0. The Kier molecular flexibility index (Phi) is 7.43. The Balaban J connectivity index is 0. The highest BCUT2D eigenvalue weighted by Crippen LogP contribution is 1.85. The quantitative estimate of drug-likeness (QED) is 0.388. The first-order valence-electron chi connectivity index (χ1n) is 2.11. The summed E-state index contributed by atoms with van der Waals surface area (Å²) in [4.78, 5) is 0. The fourth-order valence-corrected chi connectivity index (χ4v) is 0.683. The van der Waals surface area contributed by atoms with Gasteiger partial charge in [-0.25, -0.2) is 0 Å². The molecule has 0 aliphatic rings. The smallest absolute Gasteiger partial charge is 0.316 e. The lowest BCUT2D eigenvalue weighted by Gasteiger charge is -1.94. The van der Waals surface area contributed by atoms with Crippen LogP contribution in [0.15, 0.2) is 0 Å². The van der Waals surface area contributed by atoms with E-state index in [0.717, 1.165) is 7.11 Å². The van der Waals surface area contributed by atoms with E-state index in [0.29, 0.717) is 0 Å². The minimum Gasteiger partial charge on any atom is -0.329 e. The highest BCUT2D eigenvalue weighted by Gasteiger charge is 2.03. The molecule has 0 fully saturated rings. The third kappa shape index (κ3) is 6.52. The molecule has 4 nitrogen and oxygen atoms in total. The highest BCUT2D eigenvalue weighted by atomic mass is 32.2. The van der Waals surface area contributed by atoms with Gasteiger partial charge in [0.1, 0.15) is 0 Å². The van der Waals surface area contributed by atoms with Gasteiger partial charge in [-0.2, -0.15) is 8.42 Å². The Bertz CT molecular complexity index is 143. The molecule has 6 heteroatoms. The minimum absolute atomic E-state index is 0. The van der Waals surface area contributed by atoms with Gasteiger partial charge in [-0.1, -0.05) is 0 Å². The Hall–Kier alpha value is 0.636. The molecular weight excluding hydrogens is 154 g/mol. The van der Waals surface area contributed by atoms with Crippen LogP contribution in [0.5, 0.6) is 0 Å². The Labute approximate surface area is 71.0 Å². The Morgan fingerprint density at radius 2 is 2.00 bits per heavy atom. The summed E-state index contributed by atoms with van der Waals surface area (Å²) in [5.74, 6) is -0.108. The van der Waals surface area contributed by atoms with Crippen molar-refractivity contribution in [2.75, 3.05) is 19.4 Å². The fraction of sp³-hybridized carbons (Fsp3) is 1.00. The largest absolute Gasteiger partial charge is 0.329 e. The molecule has 0 aliphatic carbocycles. The predicted molar refractivity (Wildman–Crippen MR) is 38.4 cm³/mol. The van der Waals surface area contributed by atoms with Crippen molar-refractivity contribution in [2.45, 2.75) is 0 Å². The minimum atomic E-state index is -3.29. The van der Waals surface area contributed by atoms with Gasteiger partial charge in [0.05, 0.1) is 12.9 Å². The van der Waals surface area contributed by atoms with E-state index in [1.54, 1.807) is 0 Å². The molecular formula is C3H11MgNO3S.